The Hall–Kier alpha value is -5.21. The Morgan fingerprint density at radius 2 is 0.824 bits per heavy atom. The Bertz CT molecular complexity index is 2210. The van der Waals surface area contributed by atoms with E-state index in [4.69, 9.17) is 9.97 Å². The first kappa shape index (κ1) is 31.7. The summed E-state index contributed by atoms with van der Waals surface area (Å²) in [5, 5.41) is 0. The predicted octanol–water partition coefficient (Wildman–Crippen LogP) is 12.5. The molecule has 1 aliphatic heterocycles. The van der Waals surface area contributed by atoms with Crippen LogP contribution in [-0.2, 0) is 0 Å². The molecule has 0 bridgehead atoms. The van der Waals surface area contributed by atoms with Crippen molar-refractivity contribution in [1.29, 1.82) is 0 Å². The van der Waals surface area contributed by atoms with Crippen molar-refractivity contribution in [2.45, 2.75) is 13.8 Å². The Labute approximate surface area is 310 Å². The number of hydrogen-bond acceptors (Lipinski definition) is 5. The highest BCUT2D eigenvalue weighted by molar-refractivity contribution is 8.00. The topological polar surface area (TPSA) is 57.4 Å². The highest BCUT2D eigenvalue weighted by Crippen LogP contribution is 2.46. The van der Waals surface area contributed by atoms with Crippen molar-refractivity contribution in [3.63, 3.8) is 0 Å². The van der Waals surface area contributed by atoms with Crippen molar-refractivity contribution in [1.82, 2.24) is 19.9 Å². The SMILES string of the molecule is Cc1sc(-c2nc(-c3ccccc3)c(-c3ccccc3)[nH]2)cc1C1=C(c2cc(-c3nc(-c4ccccc4)c(-c4ccccc4)[nH]3)sc2C)CSC1. The number of aryl methyl sites for hydroxylation is 2. The average molecular weight is 715 g/mol. The highest BCUT2D eigenvalue weighted by Gasteiger charge is 2.26. The lowest BCUT2D eigenvalue weighted by Crippen LogP contribution is -1.90. The lowest BCUT2D eigenvalue weighted by molar-refractivity contribution is 1.33. The normalized spacial score (nSPS) is 13.0. The molecule has 0 atom stereocenters. The third-order valence-corrected chi connectivity index (χ3v) is 12.5. The Kier molecular flexibility index (Phi) is 8.40. The van der Waals surface area contributed by atoms with E-state index in [9.17, 15) is 0 Å². The van der Waals surface area contributed by atoms with Gasteiger partial charge in [0.25, 0.3) is 0 Å². The van der Waals surface area contributed by atoms with Gasteiger partial charge in [0.1, 0.15) is 11.6 Å². The number of nitrogens with one attached hydrogen (secondary N) is 2. The van der Waals surface area contributed by atoms with Gasteiger partial charge in [0.15, 0.2) is 0 Å². The Morgan fingerprint density at radius 1 is 0.471 bits per heavy atom. The summed E-state index contributed by atoms with van der Waals surface area (Å²) in [4.78, 5) is 22.8. The van der Waals surface area contributed by atoms with Crippen LogP contribution in [0.2, 0.25) is 0 Å². The standard InChI is InChI=1S/C44H34N4S3/c1-27-33(23-37(50-27)43-45-39(29-15-7-3-8-16-29)40(46-43)30-17-9-4-10-18-30)35-25-49-26-36(35)34-24-38(51-28(34)2)44-47-41(31-19-11-5-12-20-31)42(48-44)32-21-13-6-14-22-32/h3-24H,25-26H2,1-2H3,(H,45,46)(H,47,48). The number of aromatic amines is 2. The van der Waals surface area contributed by atoms with Crippen LogP contribution >= 0.6 is 34.4 Å². The molecule has 248 valence electrons. The monoisotopic (exact) mass is 714 g/mol. The summed E-state index contributed by atoms with van der Waals surface area (Å²) in [6, 6.07) is 46.7. The lowest BCUT2D eigenvalue weighted by atomic mass is 9.97. The molecule has 0 radical (unpaired) electrons. The molecule has 4 aromatic heterocycles. The number of thioether (sulfide) groups is 1. The quantitative estimate of drug-likeness (QED) is 0.165. The van der Waals surface area contributed by atoms with Crippen LogP contribution in [0.5, 0.6) is 0 Å². The molecule has 8 aromatic rings. The fraction of sp³-hybridized carbons (Fsp3) is 0.0909. The third-order valence-electron chi connectivity index (χ3n) is 9.44. The minimum Gasteiger partial charge on any atom is -0.337 e. The summed E-state index contributed by atoms with van der Waals surface area (Å²) in [5.41, 5.74) is 14.1. The van der Waals surface area contributed by atoms with E-state index in [1.54, 1.807) is 0 Å². The molecule has 0 aliphatic carbocycles. The van der Waals surface area contributed by atoms with E-state index in [0.29, 0.717) is 0 Å². The molecule has 4 aromatic carbocycles. The second kappa shape index (κ2) is 13.5. The van der Waals surface area contributed by atoms with Gasteiger partial charge in [-0.05, 0) is 48.3 Å². The van der Waals surface area contributed by atoms with Crippen LogP contribution < -0.4 is 0 Å². The first-order chi connectivity index (χ1) is 25.1. The van der Waals surface area contributed by atoms with Gasteiger partial charge in [-0.15, -0.1) is 22.7 Å². The smallest absolute Gasteiger partial charge is 0.148 e. The number of aromatic nitrogens is 4. The molecular weight excluding hydrogens is 681 g/mol. The summed E-state index contributed by atoms with van der Waals surface area (Å²) in [6.45, 7) is 4.50. The largest absolute Gasteiger partial charge is 0.337 e. The van der Waals surface area contributed by atoms with Crippen molar-refractivity contribution >= 4 is 45.6 Å². The zero-order chi connectivity index (χ0) is 34.3. The van der Waals surface area contributed by atoms with E-state index in [-0.39, 0.29) is 0 Å². The van der Waals surface area contributed by atoms with Crippen LogP contribution in [0.15, 0.2) is 133 Å². The number of nitrogens with zero attached hydrogens (tertiary/aromatic N) is 2. The molecule has 0 amide bonds. The van der Waals surface area contributed by atoms with Gasteiger partial charge in [0.2, 0.25) is 0 Å². The average Bonchev–Trinajstić information content (AvgIpc) is 4.03. The molecule has 5 heterocycles. The summed E-state index contributed by atoms with van der Waals surface area (Å²) in [5.74, 6) is 3.82. The first-order valence-electron chi connectivity index (χ1n) is 17.0. The minimum atomic E-state index is 0.912. The highest BCUT2D eigenvalue weighted by atomic mass is 32.2. The maximum atomic E-state index is 5.21. The summed E-state index contributed by atoms with van der Waals surface area (Å²) in [7, 11) is 0. The second-order valence-corrected chi connectivity index (χ2v) is 16.2. The minimum absolute atomic E-state index is 0.912. The van der Waals surface area contributed by atoms with Crippen LogP contribution in [0.1, 0.15) is 20.9 Å². The van der Waals surface area contributed by atoms with Gasteiger partial charge in [0, 0.05) is 43.5 Å². The van der Waals surface area contributed by atoms with E-state index in [0.717, 1.165) is 77.9 Å². The number of imidazole rings is 2. The Morgan fingerprint density at radius 3 is 1.20 bits per heavy atom. The van der Waals surface area contributed by atoms with Crippen LogP contribution in [0.3, 0.4) is 0 Å². The summed E-state index contributed by atoms with van der Waals surface area (Å²) in [6.07, 6.45) is 0. The number of benzene rings is 4. The zero-order valence-electron chi connectivity index (χ0n) is 28.2. The van der Waals surface area contributed by atoms with Gasteiger partial charge < -0.3 is 9.97 Å². The van der Waals surface area contributed by atoms with E-state index in [2.05, 4.69) is 157 Å². The van der Waals surface area contributed by atoms with E-state index >= 15 is 0 Å². The molecule has 4 nitrogen and oxygen atoms in total. The molecule has 0 saturated carbocycles. The zero-order valence-corrected chi connectivity index (χ0v) is 30.7. The molecule has 0 fully saturated rings. The predicted molar refractivity (Wildman–Crippen MR) is 219 cm³/mol. The van der Waals surface area contributed by atoms with Gasteiger partial charge >= 0.3 is 0 Å². The van der Waals surface area contributed by atoms with Crippen LogP contribution in [0.25, 0.3) is 77.6 Å². The van der Waals surface area contributed by atoms with E-state index in [1.807, 2.05) is 34.4 Å². The van der Waals surface area contributed by atoms with Gasteiger partial charge in [-0.3, -0.25) is 0 Å². The van der Waals surface area contributed by atoms with Crippen molar-refractivity contribution in [3.8, 4) is 66.4 Å². The molecular formula is C44H34N4S3. The van der Waals surface area contributed by atoms with Crippen molar-refractivity contribution in [3.05, 3.63) is 154 Å². The van der Waals surface area contributed by atoms with Gasteiger partial charge in [-0.2, -0.15) is 11.8 Å². The molecule has 1 aliphatic rings. The van der Waals surface area contributed by atoms with Gasteiger partial charge in [-0.25, -0.2) is 9.97 Å². The molecule has 0 spiro atoms. The van der Waals surface area contributed by atoms with Crippen molar-refractivity contribution < 1.29 is 0 Å². The molecule has 2 N–H and O–H groups in total. The fourth-order valence-corrected chi connectivity index (χ4v) is 10.1. The van der Waals surface area contributed by atoms with Gasteiger partial charge in [-0.1, -0.05) is 121 Å². The Balaban J connectivity index is 1.10. The van der Waals surface area contributed by atoms with Crippen LogP contribution in [0.4, 0.5) is 0 Å². The van der Waals surface area contributed by atoms with Crippen molar-refractivity contribution in [2.75, 3.05) is 11.5 Å². The molecule has 0 unspecified atom stereocenters. The number of H-pyrrole nitrogens is 2. The van der Waals surface area contributed by atoms with Gasteiger partial charge in [0.05, 0.1) is 32.5 Å². The number of hydrogen-bond donors (Lipinski definition) is 2. The van der Waals surface area contributed by atoms with Crippen molar-refractivity contribution in [2.24, 2.45) is 0 Å². The molecule has 0 saturated heterocycles. The summed E-state index contributed by atoms with van der Waals surface area (Å²) < 4.78 is 0. The summed E-state index contributed by atoms with van der Waals surface area (Å²) >= 11 is 5.64. The lowest BCUT2D eigenvalue weighted by Gasteiger charge is -2.06. The fourth-order valence-electron chi connectivity index (χ4n) is 6.92. The molecule has 9 rings (SSSR count). The van der Waals surface area contributed by atoms with E-state index in [1.165, 1.54) is 32.0 Å². The number of thiophene rings is 2. The third kappa shape index (κ3) is 6.01. The maximum absolute atomic E-state index is 5.21. The van der Waals surface area contributed by atoms with Crippen LogP contribution in [0, 0.1) is 13.8 Å². The maximum Gasteiger partial charge on any atom is 0.148 e. The molecule has 7 heteroatoms. The first-order valence-corrected chi connectivity index (χ1v) is 19.8. The number of rotatable bonds is 8. The van der Waals surface area contributed by atoms with E-state index < -0.39 is 0 Å². The second-order valence-electron chi connectivity index (χ2n) is 12.7. The molecule has 51 heavy (non-hydrogen) atoms. The van der Waals surface area contributed by atoms with Crippen LogP contribution in [-0.4, -0.2) is 31.4 Å².